The Balaban J connectivity index is 2.47. The van der Waals surface area contributed by atoms with Crippen LogP contribution < -0.4 is 5.73 Å². The number of nitrogens with zero attached hydrogens (tertiary/aromatic N) is 1. The summed E-state index contributed by atoms with van der Waals surface area (Å²) in [5.41, 5.74) is 8.94. The molecule has 1 heterocycles. The molecule has 2 N–H and O–H groups in total. The first-order chi connectivity index (χ1) is 9.66. The predicted molar refractivity (Wildman–Crippen MR) is 86.8 cm³/mol. The molecule has 0 saturated carbocycles. The lowest BCUT2D eigenvalue weighted by Crippen LogP contribution is -2.31. The van der Waals surface area contributed by atoms with Crippen LogP contribution in [0.1, 0.15) is 37.0 Å². The molecule has 0 radical (unpaired) electrons. The Morgan fingerprint density at radius 3 is 2.38 bits per heavy atom. The van der Waals surface area contributed by atoms with E-state index in [0.29, 0.717) is 41.1 Å². The van der Waals surface area contributed by atoms with Crippen molar-refractivity contribution in [3.63, 3.8) is 0 Å². The minimum absolute atomic E-state index is 0.407. The Morgan fingerprint density at radius 1 is 1.24 bits per heavy atom. The van der Waals surface area contributed by atoms with Gasteiger partial charge in [0.1, 0.15) is 0 Å². The van der Waals surface area contributed by atoms with Crippen LogP contribution in [-0.4, -0.2) is 25.8 Å². The maximum atomic E-state index is 13.0. The van der Waals surface area contributed by atoms with Crippen molar-refractivity contribution in [2.24, 2.45) is 11.8 Å². The van der Waals surface area contributed by atoms with E-state index in [4.69, 9.17) is 5.73 Å². The van der Waals surface area contributed by atoms with Crippen LogP contribution in [0.4, 0.5) is 5.69 Å². The molecule has 21 heavy (non-hydrogen) atoms. The Hall–Kier alpha value is -1.07. The SMILES string of the molecule is Cc1cc(N)c(C)c(S(=O)(=O)N2CCC(C(C)C)C2)c1C. The molecule has 2 rings (SSSR count). The van der Waals surface area contributed by atoms with Gasteiger partial charge in [0.2, 0.25) is 10.0 Å². The van der Waals surface area contributed by atoms with Gasteiger partial charge in [-0.1, -0.05) is 13.8 Å². The third-order valence-electron chi connectivity index (χ3n) is 4.81. The number of hydrogen-bond donors (Lipinski definition) is 1. The lowest BCUT2D eigenvalue weighted by molar-refractivity contribution is 0.388. The Morgan fingerprint density at radius 2 is 1.86 bits per heavy atom. The van der Waals surface area contributed by atoms with E-state index in [1.807, 2.05) is 19.9 Å². The van der Waals surface area contributed by atoms with Crippen LogP contribution in [0.25, 0.3) is 0 Å². The largest absolute Gasteiger partial charge is 0.398 e. The van der Waals surface area contributed by atoms with Crippen molar-refractivity contribution in [3.05, 3.63) is 22.8 Å². The lowest BCUT2D eigenvalue weighted by Gasteiger charge is -2.22. The number of nitrogens with two attached hydrogens (primary N) is 1. The molecule has 5 heteroatoms. The lowest BCUT2D eigenvalue weighted by atomic mass is 9.96. The Labute approximate surface area is 128 Å². The second-order valence-electron chi connectivity index (χ2n) is 6.52. The van der Waals surface area contributed by atoms with E-state index in [-0.39, 0.29) is 0 Å². The van der Waals surface area contributed by atoms with Crippen molar-refractivity contribution in [1.82, 2.24) is 4.31 Å². The summed E-state index contributed by atoms with van der Waals surface area (Å²) in [6.07, 6.45) is 0.941. The highest BCUT2D eigenvalue weighted by Crippen LogP contribution is 2.34. The average Bonchev–Trinajstić information content (AvgIpc) is 2.87. The molecular formula is C16H26N2O2S. The first-order valence-corrected chi connectivity index (χ1v) is 8.96. The number of rotatable bonds is 3. The number of benzene rings is 1. The summed E-state index contributed by atoms with van der Waals surface area (Å²) in [5, 5.41) is 0. The fourth-order valence-corrected chi connectivity index (χ4v) is 5.12. The van der Waals surface area contributed by atoms with Crippen LogP contribution in [-0.2, 0) is 10.0 Å². The van der Waals surface area contributed by atoms with E-state index in [2.05, 4.69) is 13.8 Å². The van der Waals surface area contributed by atoms with Crippen LogP contribution in [0, 0.1) is 32.6 Å². The highest BCUT2D eigenvalue weighted by Gasteiger charge is 2.35. The Bertz CT molecular complexity index is 624. The summed E-state index contributed by atoms with van der Waals surface area (Å²) in [5.74, 6) is 0.956. The third-order valence-corrected chi connectivity index (χ3v) is 6.95. The van der Waals surface area contributed by atoms with Gasteiger partial charge in [-0.3, -0.25) is 0 Å². The minimum atomic E-state index is -3.46. The summed E-state index contributed by atoms with van der Waals surface area (Å²) in [6.45, 7) is 11.1. The van der Waals surface area contributed by atoms with E-state index >= 15 is 0 Å². The third kappa shape index (κ3) is 2.81. The van der Waals surface area contributed by atoms with Crippen LogP contribution in [0.2, 0.25) is 0 Å². The van der Waals surface area contributed by atoms with Gasteiger partial charge in [0.15, 0.2) is 0 Å². The van der Waals surface area contributed by atoms with E-state index in [0.717, 1.165) is 17.5 Å². The molecule has 1 atom stereocenters. The smallest absolute Gasteiger partial charge is 0.243 e. The molecule has 1 aliphatic heterocycles. The van der Waals surface area contributed by atoms with Gasteiger partial charge >= 0.3 is 0 Å². The fraction of sp³-hybridized carbons (Fsp3) is 0.625. The molecule has 0 spiro atoms. The van der Waals surface area contributed by atoms with E-state index < -0.39 is 10.0 Å². The first kappa shape index (κ1) is 16.3. The topological polar surface area (TPSA) is 63.4 Å². The molecule has 1 fully saturated rings. The molecule has 4 nitrogen and oxygen atoms in total. The summed E-state index contributed by atoms with van der Waals surface area (Å²) in [7, 11) is -3.46. The molecular weight excluding hydrogens is 284 g/mol. The summed E-state index contributed by atoms with van der Waals surface area (Å²) < 4.78 is 27.7. The number of anilines is 1. The first-order valence-electron chi connectivity index (χ1n) is 7.52. The molecule has 118 valence electrons. The van der Waals surface area contributed by atoms with Crippen LogP contribution in [0.3, 0.4) is 0 Å². The number of sulfonamides is 1. The van der Waals surface area contributed by atoms with Gasteiger partial charge in [-0.25, -0.2) is 8.42 Å². The standard InChI is InChI=1S/C16H26N2O2S/c1-10(2)14-6-7-18(9-14)21(19,20)16-12(4)11(3)8-15(17)13(16)5/h8,10,14H,6-7,9,17H2,1-5H3. The summed E-state index contributed by atoms with van der Waals surface area (Å²) in [6, 6.07) is 1.85. The normalized spacial score (nSPS) is 20.4. The molecule has 0 bridgehead atoms. The van der Waals surface area contributed by atoms with Crippen molar-refractivity contribution in [3.8, 4) is 0 Å². The fourth-order valence-electron chi connectivity index (χ4n) is 3.07. The molecule has 1 aliphatic rings. The second-order valence-corrected chi connectivity index (χ2v) is 8.39. The van der Waals surface area contributed by atoms with Crippen LogP contribution >= 0.6 is 0 Å². The molecule has 0 aromatic heterocycles. The molecule has 1 unspecified atom stereocenters. The molecule has 1 saturated heterocycles. The van der Waals surface area contributed by atoms with Crippen molar-refractivity contribution < 1.29 is 8.42 Å². The van der Waals surface area contributed by atoms with Gasteiger partial charge in [-0.05, 0) is 61.8 Å². The highest BCUT2D eigenvalue weighted by atomic mass is 32.2. The zero-order valence-electron chi connectivity index (χ0n) is 13.6. The number of hydrogen-bond acceptors (Lipinski definition) is 3. The maximum absolute atomic E-state index is 13.0. The highest BCUT2D eigenvalue weighted by molar-refractivity contribution is 7.89. The van der Waals surface area contributed by atoms with Crippen molar-refractivity contribution in [2.75, 3.05) is 18.8 Å². The second kappa shape index (κ2) is 5.61. The zero-order chi connectivity index (χ0) is 15.9. The monoisotopic (exact) mass is 310 g/mol. The zero-order valence-corrected chi connectivity index (χ0v) is 14.4. The minimum Gasteiger partial charge on any atom is -0.398 e. The molecule has 1 aromatic rings. The van der Waals surface area contributed by atoms with Gasteiger partial charge in [-0.15, -0.1) is 0 Å². The molecule has 1 aromatic carbocycles. The number of aryl methyl sites for hydroxylation is 1. The Kier molecular flexibility index (Phi) is 4.36. The number of nitrogen functional groups attached to an aromatic ring is 1. The summed E-state index contributed by atoms with van der Waals surface area (Å²) >= 11 is 0. The van der Waals surface area contributed by atoms with Gasteiger partial charge in [-0.2, -0.15) is 4.31 Å². The van der Waals surface area contributed by atoms with E-state index in [1.165, 1.54) is 0 Å². The van der Waals surface area contributed by atoms with Gasteiger partial charge in [0.05, 0.1) is 4.90 Å². The summed E-state index contributed by atoms with van der Waals surface area (Å²) in [4.78, 5) is 0.407. The average molecular weight is 310 g/mol. The van der Waals surface area contributed by atoms with E-state index in [9.17, 15) is 8.42 Å². The molecule has 0 aliphatic carbocycles. The quantitative estimate of drug-likeness (QED) is 0.873. The van der Waals surface area contributed by atoms with Gasteiger partial charge < -0.3 is 5.73 Å². The van der Waals surface area contributed by atoms with Gasteiger partial charge in [0, 0.05) is 18.8 Å². The van der Waals surface area contributed by atoms with Crippen molar-refractivity contribution in [2.45, 2.75) is 45.9 Å². The van der Waals surface area contributed by atoms with Crippen LogP contribution in [0.5, 0.6) is 0 Å². The predicted octanol–water partition coefficient (Wildman–Crippen LogP) is 2.86. The van der Waals surface area contributed by atoms with Crippen molar-refractivity contribution in [1.29, 1.82) is 0 Å². The van der Waals surface area contributed by atoms with E-state index in [1.54, 1.807) is 11.2 Å². The van der Waals surface area contributed by atoms with Crippen LogP contribution in [0.15, 0.2) is 11.0 Å². The maximum Gasteiger partial charge on any atom is 0.243 e. The molecule has 0 amide bonds. The van der Waals surface area contributed by atoms with Gasteiger partial charge in [0.25, 0.3) is 0 Å². The van der Waals surface area contributed by atoms with Crippen molar-refractivity contribution >= 4 is 15.7 Å².